The maximum Gasteiger partial charge on any atom is 0.134 e. The lowest BCUT2D eigenvalue weighted by Crippen LogP contribution is -2.15. The van der Waals surface area contributed by atoms with Crippen LogP contribution in [-0.2, 0) is 12.8 Å². The standard InChI is InChI=1S/C9H12N4/c10-8(11)6-4-5-2-1-3-7(5)13-9(6)12/h4H,1-3H2,(H3,10,11)(H2,12,13). The molecule has 2 rings (SSSR count). The molecule has 0 aliphatic heterocycles. The minimum Gasteiger partial charge on any atom is -0.384 e. The molecule has 0 radical (unpaired) electrons. The highest BCUT2D eigenvalue weighted by molar-refractivity contribution is 5.99. The molecule has 0 spiro atoms. The van der Waals surface area contributed by atoms with Gasteiger partial charge in [0, 0.05) is 5.69 Å². The smallest absolute Gasteiger partial charge is 0.134 e. The summed E-state index contributed by atoms with van der Waals surface area (Å²) >= 11 is 0. The largest absolute Gasteiger partial charge is 0.384 e. The number of anilines is 1. The number of amidine groups is 1. The quantitative estimate of drug-likeness (QED) is 0.428. The molecule has 4 heteroatoms. The molecule has 0 bridgehead atoms. The fraction of sp³-hybridized carbons (Fsp3) is 0.333. The monoisotopic (exact) mass is 176 g/mol. The predicted molar refractivity (Wildman–Crippen MR) is 51.7 cm³/mol. The fourth-order valence-corrected chi connectivity index (χ4v) is 1.70. The number of aryl methyl sites for hydroxylation is 2. The van der Waals surface area contributed by atoms with E-state index in [9.17, 15) is 0 Å². The van der Waals surface area contributed by atoms with Crippen molar-refractivity contribution in [3.05, 3.63) is 22.9 Å². The molecule has 0 unspecified atom stereocenters. The number of rotatable bonds is 1. The van der Waals surface area contributed by atoms with Gasteiger partial charge >= 0.3 is 0 Å². The summed E-state index contributed by atoms with van der Waals surface area (Å²) in [5.41, 5.74) is 13.9. The van der Waals surface area contributed by atoms with Crippen LogP contribution in [0.2, 0.25) is 0 Å². The molecule has 13 heavy (non-hydrogen) atoms. The van der Waals surface area contributed by atoms with E-state index in [1.54, 1.807) is 0 Å². The van der Waals surface area contributed by atoms with Gasteiger partial charge in [0.2, 0.25) is 0 Å². The molecule has 0 amide bonds. The van der Waals surface area contributed by atoms with Gasteiger partial charge in [0.1, 0.15) is 11.7 Å². The van der Waals surface area contributed by atoms with Crippen LogP contribution in [0.4, 0.5) is 5.82 Å². The normalized spacial score (nSPS) is 14.2. The molecule has 68 valence electrons. The molecule has 4 nitrogen and oxygen atoms in total. The van der Waals surface area contributed by atoms with Crippen LogP contribution in [0.25, 0.3) is 0 Å². The van der Waals surface area contributed by atoms with E-state index in [0.717, 1.165) is 25.0 Å². The van der Waals surface area contributed by atoms with E-state index >= 15 is 0 Å². The molecule has 1 aliphatic rings. The summed E-state index contributed by atoms with van der Waals surface area (Å²) in [6, 6.07) is 1.90. The van der Waals surface area contributed by atoms with Crippen LogP contribution < -0.4 is 11.5 Å². The predicted octanol–water partition coefficient (Wildman–Crippen LogP) is 0.437. The number of fused-ring (bicyclic) bond motifs is 1. The van der Waals surface area contributed by atoms with Crippen molar-refractivity contribution in [3.8, 4) is 0 Å². The summed E-state index contributed by atoms with van der Waals surface area (Å²) < 4.78 is 0. The van der Waals surface area contributed by atoms with Gasteiger partial charge in [0.05, 0.1) is 5.56 Å². The fourth-order valence-electron chi connectivity index (χ4n) is 1.70. The summed E-state index contributed by atoms with van der Waals surface area (Å²) in [7, 11) is 0. The highest BCUT2D eigenvalue weighted by Crippen LogP contribution is 2.23. The minimum atomic E-state index is -0.000278. The number of nitrogen functional groups attached to an aromatic ring is 2. The molecule has 1 aromatic heterocycles. The molecule has 0 aromatic carbocycles. The van der Waals surface area contributed by atoms with Crippen molar-refractivity contribution >= 4 is 11.7 Å². The molecule has 0 fully saturated rings. The lowest BCUT2D eigenvalue weighted by Gasteiger charge is -2.05. The Labute approximate surface area is 76.5 Å². The van der Waals surface area contributed by atoms with Crippen molar-refractivity contribution in [2.75, 3.05) is 5.73 Å². The lowest BCUT2D eigenvalue weighted by atomic mass is 10.1. The van der Waals surface area contributed by atoms with E-state index in [0.29, 0.717) is 11.4 Å². The second-order valence-corrected chi connectivity index (χ2v) is 3.29. The van der Waals surface area contributed by atoms with Crippen molar-refractivity contribution in [1.82, 2.24) is 4.98 Å². The highest BCUT2D eigenvalue weighted by atomic mass is 14.9. The number of pyridine rings is 1. The Balaban J connectivity index is 2.55. The average molecular weight is 176 g/mol. The van der Waals surface area contributed by atoms with Crippen LogP contribution in [0.5, 0.6) is 0 Å². The maximum atomic E-state index is 7.30. The molecular weight excluding hydrogens is 164 g/mol. The summed E-state index contributed by atoms with van der Waals surface area (Å²) in [5, 5.41) is 7.30. The van der Waals surface area contributed by atoms with Crippen molar-refractivity contribution in [2.24, 2.45) is 5.73 Å². The summed E-state index contributed by atoms with van der Waals surface area (Å²) in [6.07, 6.45) is 3.16. The molecule has 1 aliphatic carbocycles. The topological polar surface area (TPSA) is 88.8 Å². The molecule has 5 N–H and O–H groups in total. The number of aromatic nitrogens is 1. The molecule has 0 saturated carbocycles. The van der Waals surface area contributed by atoms with Crippen LogP contribution in [-0.4, -0.2) is 10.8 Å². The van der Waals surface area contributed by atoms with Gasteiger partial charge < -0.3 is 11.5 Å². The second kappa shape index (κ2) is 2.73. The Morgan fingerprint density at radius 1 is 1.46 bits per heavy atom. The SMILES string of the molecule is N=C(N)c1cc2c(nc1N)CCC2. The van der Waals surface area contributed by atoms with E-state index in [-0.39, 0.29) is 5.84 Å². The number of nitrogens with two attached hydrogens (primary N) is 2. The highest BCUT2D eigenvalue weighted by Gasteiger charge is 2.15. The number of nitrogens with one attached hydrogen (secondary N) is 1. The Morgan fingerprint density at radius 2 is 2.23 bits per heavy atom. The van der Waals surface area contributed by atoms with Gasteiger partial charge in [-0.15, -0.1) is 0 Å². The third-order valence-electron chi connectivity index (χ3n) is 2.37. The number of nitrogens with zero attached hydrogens (tertiary/aromatic N) is 1. The summed E-state index contributed by atoms with van der Waals surface area (Å²) in [6.45, 7) is 0. The minimum absolute atomic E-state index is 0.000278. The number of hydrogen-bond acceptors (Lipinski definition) is 3. The Bertz CT molecular complexity index is 370. The van der Waals surface area contributed by atoms with E-state index in [1.165, 1.54) is 5.56 Å². The Kier molecular flexibility index (Phi) is 1.69. The van der Waals surface area contributed by atoms with Crippen LogP contribution in [0.3, 0.4) is 0 Å². The van der Waals surface area contributed by atoms with Crippen molar-refractivity contribution < 1.29 is 0 Å². The van der Waals surface area contributed by atoms with Gasteiger partial charge in [-0.05, 0) is 30.9 Å². The molecule has 1 heterocycles. The Hall–Kier alpha value is -1.58. The van der Waals surface area contributed by atoms with Gasteiger partial charge in [-0.2, -0.15) is 0 Å². The van der Waals surface area contributed by atoms with Crippen molar-refractivity contribution in [3.63, 3.8) is 0 Å². The summed E-state index contributed by atoms with van der Waals surface area (Å²) in [5.74, 6) is 0.382. The second-order valence-electron chi connectivity index (χ2n) is 3.29. The zero-order valence-electron chi connectivity index (χ0n) is 7.30. The first-order chi connectivity index (χ1) is 6.18. The maximum absolute atomic E-state index is 7.30. The third kappa shape index (κ3) is 1.24. The summed E-state index contributed by atoms with van der Waals surface area (Å²) in [4.78, 5) is 4.23. The van der Waals surface area contributed by atoms with Gasteiger partial charge in [0.15, 0.2) is 0 Å². The van der Waals surface area contributed by atoms with Crippen LogP contribution in [0.15, 0.2) is 6.07 Å². The Morgan fingerprint density at radius 3 is 2.92 bits per heavy atom. The molecule has 0 atom stereocenters. The molecular formula is C9H12N4. The van der Waals surface area contributed by atoms with E-state index in [2.05, 4.69) is 4.98 Å². The van der Waals surface area contributed by atoms with Crippen LogP contribution in [0.1, 0.15) is 23.2 Å². The zero-order valence-corrected chi connectivity index (χ0v) is 7.30. The van der Waals surface area contributed by atoms with Crippen molar-refractivity contribution in [2.45, 2.75) is 19.3 Å². The zero-order chi connectivity index (χ0) is 9.42. The van der Waals surface area contributed by atoms with Gasteiger partial charge in [-0.25, -0.2) is 4.98 Å². The number of hydrogen-bond donors (Lipinski definition) is 3. The third-order valence-corrected chi connectivity index (χ3v) is 2.37. The first-order valence-electron chi connectivity index (χ1n) is 4.31. The van der Waals surface area contributed by atoms with E-state index in [4.69, 9.17) is 16.9 Å². The van der Waals surface area contributed by atoms with Crippen molar-refractivity contribution in [1.29, 1.82) is 5.41 Å². The van der Waals surface area contributed by atoms with E-state index < -0.39 is 0 Å². The first-order valence-corrected chi connectivity index (χ1v) is 4.31. The molecule has 0 saturated heterocycles. The van der Waals surface area contributed by atoms with Crippen LogP contribution in [0, 0.1) is 5.41 Å². The van der Waals surface area contributed by atoms with Crippen LogP contribution >= 0.6 is 0 Å². The van der Waals surface area contributed by atoms with Gasteiger partial charge in [-0.3, -0.25) is 5.41 Å². The van der Waals surface area contributed by atoms with Gasteiger partial charge in [0.25, 0.3) is 0 Å². The first kappa shape index (κ1) is 8.04. The average Bonchev–Trinajstić information content (AvgIpc) is 2.48. The van der Waals surface area contributed by atoms with E-state index in [1.807, 2.05) is 6.07 Å². The lowest BCUT2D eigenvalue weighted by molar-refractivity contribution is 0.900. The molecule has 1 aromatic rings. The van der Waals surface area contributed by atoms with Gasteiger partial charge in [-0.1, -0.05) is 0 Å².